The maximum absolute atomic E-state index is 6.31. The molecule has 5 heteroatoms. The van der Waals surface area contributed by atoms with E-state index in [1.54, 1.807) is 0 Å². The zero-order chi connectivity index (χ0) is 19.1. The first kappa shape index (κ1) is 20.0. The second-order valence-electron chi connectivity index (χ2n) is 8.21. The summed E-state index contributed by atoms with van der Waals surface area (Å²) in [6.45, 7) is 6.22. The molecular weight excluding hydrogens is 336 g/mol. The molecule has 2 fully saturated rings. The lowest BCUT2D eigenvalue weighted by Crippen LogP contribution is -2.43. The average Bonchev–Trinajstić information content (AvgIpc) is 3.16. The monoisotopic (exact) mass is 372 g/mol. The van der Waals surface area contributed by atoms with Gasteiger partial charge in [0.05, 0.1) is 6.10 Å². The van der Waals surface area contributed by atoms with Gasteiger partial charge in [0.1, 0.15) is 5.75 Å². The van der Waals surface area contributed by atoms with E-state index >= 15 is 0 Å². The third-order valence-corrected chi connectivity index (χ3v) is 5.77. The lowest BCUT2D eigenvalue weighted by molar-refractivity contribution is 0.207. The van der Waals surface area contributed by atoms with Gasteiger partial charge >= 0.3 is 0 Å². The van der Waals surface area contributed by atoms with Gasteiger partial charge in [0.15, 0.2) is 5.96 Å². The van der Waals surface area contributed by atoms with Crippen molar-refractivity contribution in [3.63, 3.8) is 0 Å². The summed E-state index contributed by atoms with van der Waals surface area (Å²) in [4.78, 5) is 6.82. The Kier molecular flexibility index (Phi) is 7.39. The van der Waals surface area contributed by atoms with E-state index in [4.69, 9.17) is 4.74 Å². The second kappa shape index (κ2) is 9.98. The fraction of sp³-hybridized carbons (Fsp3) is 0.682. The van der Waals surface area contributed by atoms with E-state index in [0.29, 0.717) is 12.0 Å². The van der Waals surface area contributed by atoms with Crippen LogP contribution in [0, 0.1) is 12.8 Å². The molecule has 2 N–H and O–H groups in total. The average molecular weight is 373 g/mol. The molecule has 1 aromatic carbocycles. The van der Waals surface area contributed by atoms with E-state index in [9.17, 15) is 0 Å². The predicted octanol–water partition coefficient (Wildman–Crippen LogP) is 3.32. The van der Waals surface area contributed by atoms with Crippen molar-refractivity contribution in [3.05, 3.63) is 29.3 Å². The smallest absolute Gasteiger partial charge is 0.191 e. The Bertz CT molecular complexity index is 625. The molecule has 150 valence electrons. The number of benzene rings is 1. The maximum atomic E-state index is 6.31. The molecule has 27 heavy (non-hydrogen) atoms. The van der Waals surface area contributed by atoms with Crippen molar-refractivity contribution in [1.29, 1.82) is 0 Å². The van der Waals surface area contributed by atoms with E-state index in [1.807, 2.05) is 7.05 Å². The molecule has 1 atom stereocenters. The number of piperidine rings is 1. The number of rotatable bonds is 6. The normalized spacial score (nSPS) is 22.0. The summed E-state index contributed by atoms with van der Waals surface area (Å²) in [6.07, 6.45) is 7.91. The highest BCUT2D eigenvalue weighted by Gasteiger charge is 2.19. The Labute approximate surface area is 164 Å². The molecule has 1 saturated heterocycles. The van der Waals surface area contributed by atoms with Crippen molar-refractivity contribution in [2.75, 3.05) is 33.7 Å². The van der Waals surface area contributed by atoms with Gasteiger partial charge in [-0.25, -0.2) is 0 Å². The van der Waals surface area contributed by atoms with Crippen LogP contribution >= 0.6 is 0 Å². The van der Waals surface area contributed by atoms with Gasteiger partial charge in [-0.2, -0.15) is 0 Å². The van der Waals surface area contributed by atoms with Crippen molar-refractivity contribution in [3.8, 4) is 5.75 Å². The van der Waals surface area contributed by atoms with Crippen LogP contribution in [0.1, 0.15) is 49.7 Å². The number of nitrogens with zero attached hydrogens (tertiary/aromatic N) is 2. The summed E-state index contributed by atoms with van der Waals surface area (Å²) in [7, 11) is 4.05. The Morgan fingerprint density at radius 1 is 1.19 bits per heavy atom. The number of aryl methyl sites for hydroxylation is 1. The van der Waals surface area contributed by atoms with Crippen LogP contribution in [0.4, 0.5) is 0 Å². The lowest BCUT2D eigenvalue weighted by atomic mass is 9.99. The van der Waals surface area contributed by atoms with Gasteiger partial charge in [0.2, 0.25) is 0 Å². The second-order valence-corrected chi connectivity index (χ2v) is 8.21. The quantitative estimate of drug-likeness (QED) is 0.594. The number of nitrogens with one attached hydrogen (secondary N) is 2. The third kappa shape index (κ3) is 6.13. The number of likely N-dealkylation sites (tertiary alicyclic amines) is 1. The van der Waals surface area contributed by atoms with Gasteiger partial charge < -0.3 is 20.3 Å². The maximum Gasteiger partial charge on any atom is 0.191 e. The number of hydrogen-bond acceptors (Lipinski definition) is 3. The Hall–Kier alpha value is -1.75. The van der Waals surface area contributed by atoms with Crippen molar-refractivity contribution < 1.29 is 4.74 Å². The summed E-state index contributed by atoms with van der Waals surface area (Å²) in [5.74, 6) is 2.59. The van der Waals surface area contributed by atoms with E-state index in [-0.39, 0.29) is 0 Å². The highest BCUT2D eigenvalue weighted by molar-refractivity contribution is 5.79. The van der Waals surface area contributed by atoms with Gasteiger partial charge in [-0.1, -0.05) is 12.1 Å². The molecule has 1 heterocycles. The molecule has 0 aromatic heterocycles. The zero-order valence-corrected chi connectivity index (χ0v) is 17.3. The molecule has 1 saturated carbocycles. The van der Waals surface area contributed by atoms with Gasteiger partial charge in [-0.3, -0.25) is 4.99 Å². The van der Waals surface area contributed by atoms with Gasteiger partial charge in [-0.05, 0) is 76.6 Å². The molecular formula is C22H36N4O. The van der Waals surface area contributed by atoms with E-state index in [2.05, 4.69) is 52.7 Å². The third-order valence-electron chi connectivity index (χ3n) is 5.77. The predicted molar refractivity (Wildman–Crippen MR) is 112 cm³/mol. The zero-order valence-electron chi connectivity index (χ0n) is 17.3. The van der Waals surface area contributed by atoms with Gasteiger partial charge in [-0.15, -0.1) is 0 Å². The Morgan fingerprint density at radius 3 is 2.74 bits per heavy atom. The first-order valence-corrected chi connectivity index (χ1v) is 10.5. The van der Waals surface area contributed by atoms with Crippen LogP contribution in [-0.2, 0) is 6.54 Å². The van der Waals surface area contributed by atoms with Crippen LogP contribution < -0.4 is 15.4 Å². The van der Waals surface area contributed by atoms with E-state index in [0.717, 1.165) is 24.8 Å². The minimum atomic E-state index is 0.381. The summed E-state index contributed by atoms with van der Waals surface area (Å²) >= 11 is 0. The number of hydrogen-bond donors (Lipinski definition) is 2. The van der Waals surface area contributed by atoms with Crippen LogP contribution in [-0.4, -0.2) is 50.7 Å². The van der Waals surface area contributed by atoms with Crippen LogP contribution in [0.3, 0.4) is 0 Å². The standard InChI is InChI=1S/C22H36N4O/c1-17-10-11-19(21(13-17)27-20-8-4-5-9-20)15-25-22(23-2)24-14-18-7-6-12-26(3)16-18/h10-11,13,18,20H,4-9,12,14-16H2,1-3H3,(H2,23,24,25). The van der Waals surface area contributed by atoms with Crippen molar-refractivity contribution in [2.24, 2.45) is 10.9 Å². The molecule has 3 rings (SSSR count). The largest absolute Gasteiger partial charge is 0.490 e. The first-order valence-electron chi connectivity index (χ1n) is 10.5. The minimum absolute atomic E-state index is 0.381. The van der Waals surface area contributed by atoms with Gasteiger partial charge in [0.25, 0.3) is 0 Å². The minimum Gasteiger partial charge on any atom is -0.490 e. The highest BCUT2D eigenvalue weighted by Crippen LogP contribution is 2.27. The number of guanidine groups is 1. The lowest BCUT2D eigenvalue weighted by Gasteiger charge is -2.30. The molecule has 0 amide bonds. The van der Waals surface area contributed by atoms with Gasteiger partial charge in [0, 0.05) is 32.2 Å². The summed E-state index contributed by atoms with van der Waals surface area (Å²) in [5.41, 5.74) is 2.45. The van der Waals surface area contributed by atoms with Crippen LogP contribution in [0.25, 0.3) is 0 Å². The first-order chi connectivity index (χ1) is 13.1. The molecule has 1 aliphatic carbocycles. The van der Waals surface area contributed by atoms with E-state index < -0.39 is 0 Å². The summed E-state index contributed by atoms with van der Waals surface area (Å²) in [6, 6.07) is 6.51. The fourth-order valence-electron chi connectivity index (χ4n) is 4.18. The molecule has 1 aromatic rings. The molecule has 0 bridgehead atoms. The molecule has 2 aliphatic rings. The number of aliphatic imine (C=N–C) groups is 1. The molecule has 1 aliphatic heterocycles. The van der Waals surface area contributed by atoms with Crippen LogP contribution in [0.15, 0.2) is 23.2 Å². The molecule has 1 unspecified atom stereocenters. The van der Waals surface area contributed by atoms with Crippen molar-refractivity contribution in [2.45, 2.75) is 58.1 Å². The number of ether oxygens (including phenoxy) is 1. The fourth-order valence-corrected chi connectivity index (χ4v) is 4.18. The van der Waals surface area contributed by atoms with Crippen LogP contribution in [0.2, 0.25) is 0 Å². The summed E-state index contributed by atoms with van der Waals surface area (Å²) < 4.78 is 6.31. The molecule has 0 spiro atoms. The topological polar surface area (TPSA) is 48.9 Å². The van der Waals surface area contributed by atoms with Crippen molar-refractivity contribution >= 4 is 5.96 Å². The highest BCUT2D eigenvalue weighted by atomic mass is 16.5. The molecule has 0 radical (unpaired) electrons. The van der Waals surface area contributed by atoms with Crippen molar-refractivity contribution in [1.82, 2.24) is 15.5 Å². The SMILES string of the molecule is CN=C(NCc1ccc(C)cc1OC1CCCC1)NCC1CCCN(C)C1. The van der Waals surface area contributed by atoms with E-state index in [1.165, 1.54) is 62.7 Å². The Balaban J connectivity index is 1.52. The Morgan fingerprint density at radius 2 is 2.00 bits per heavy atom. The summed E-state index contributed by atoms with van der Waals surface area (Å²) in [5, 5.41) is 6.97. The molecule has 5 nitrogen and oxygen atoms in total. The van der Waals surface area contributed by atoms with Crippen LogP contribution in [0.5, 0.6) is 5.75 Å².